The van der Waals surface area contributed by atoms with Gasteiger partial charge in [-0.25, -0.2) is 13.6 Å². The summed E-state index contributed by atoms with van der Waals surface area (Å²) in [5, 5.41) is 11.6. The molecule has 0 atom stereocenters. The van der Waals surface area contributed by atoms with Crippen molar-refractivity contribution in [2.45, 2.75) is 19.3 Å². The molecule has 120 valence electrons. The Balaban J connectivity index is 1.75. The van der Waals surface area contributed by atoms with E-state index in [4.69, 9.17) is 5.11 Å². The molecule has 0 radical (unpaired) electrons. The largest absolute Gasteiger partial charge is 0.481 e. The van der Waals surface area contributed by atoms with Crippen molar-refractivity contribution >= 4 is 12.0 Å². The first-order valence-corrected chi connectivity index (χ1v) is 7.16. The maximum absolute atomic E-state index is 13.0. The number of rotatable bonds is 4. The summed E-state index contributed by atoms with van der Waals surface area (Å²) >= 11 is 0. The van der Waals surface area contributed by atoms with Crippen LogP contribution in [0.15, 0.2) is 18.2 Å². The molecule has 0 aliphatic carbocycles. The standard InChI is InChI=1S/C15H18F2N2O3/c16-12-7-10(8-13(17)9-12)1-4-18-15(22)19-5-2-11(3-6-19)14(20)21/h7-9,11H,1-6H2,(H,18,22)(H,20,21). The van der Waals surface area contributed by atoms with E-state index in [9.17, 15) is 18.4 Å². The predicted octanol–water partition coefficient (Wildman–Crippen LogP) is 2.01. The van der Waals surface area contributed by atoms with E-state index in [2.05, 4.69) is 5.32 Å². The first kappa shape index (κ1) is 16.2. The van der Waals surface area contributed by atoms with E-state index in [1.54, 1.807) is 4.90 Å². The zero-order valence-corrected chi connectivity index (χ0v) is 12.0. The number of halogens is 2. The third-order valence-electron chi connectivity index (χ3n) is 3.74. The molecule has 1 fully saturated rings. The molecule has 22 heavy (non-hydrogen) atoms. The van der Waals surface area contributed by atoms with Crippen LogP contribution < -0.4 is 5.32 Å². The molecule has 1 aromatic carbocycles. The van der Waals surface area contributed by atoms with E-state index in [0.717, 1.165) is 6.07 Å². The summed E-state index contributed by atoms with van der Waals surface area (Å²) in [6.45, 7) is 1.06. The number of aliphatic carboxylic acids is 1. The van der Waals surface area contributed by atoms with Crippen molar-refractivity contribution in [3.8, 4) is 0 Å². The number of carboxylic acid groups (broad SMARTS) is 1. The van der Waals surface area contributed by atoms with Crippen LogP contribution in [-0.4, -0.2) is 41.6 Å². The number of hydrogen-bond acceptors (Lipinski definition) is 2. The number of carboxylic acids is 1. The number of benzene rings is 1. The molecule has 0 unspecified atom stereocenters. The molecule has 1 aliphatic rings. The molecule has 2 amide bonds. The SMILES string of the molecule is O=C(O)C1CCN(C(=O)NCCc2cc(F)cc(F)c2)CC1. The molecule has 1 saturated heterocycles. The normalized spacial score (nSPS) is 15.6. The Bertz CT molecular complexity index is 537. The lowest BCUT2D eigenvalue weighted by Gasteiger charge is -2.30. The number of amides is 2. The zero-order valence-electron chi connectivity index (χ0n) is 12.0. The average molecular weight is 312 g/mol. The van der Waals surface area contributed by atoms with Gasteiger partial charge in [0.15, 0.2) is 0 Å². The van der Waals surface area contributed by atoms with Crippen LogP contribution in [0.1, 0.15) is 18.4 Å². The van der Waals surface area contributed by atoms with Crippen LogP contribution in [0.25, 0.3) is 0 Å². The van der Waals surface area contributed by atoms with Crippen LogP contribution in [0.4, 0.5) is 13.6 Å². The first-order valence-electron chi connectivity index (χ1n) is 7.16. The van der Waals surface area contributed by atoms with E-state index in [-0.39, 0.29) is 18.5 Å². The Labute approximate surface area is 126 Å². The number of likely N-dealkylation sites (tertiary alicyclic amines) is 1. The van der Waals surface area contributed by atoms with Gasteiger partial charge in [-0.05, 0) is 37.0 Å². The van der Waals surface area contributed by atoms with Gasteiger partial charge in [-0.3, -0.25) is 4.79 Å². The van der Waals surface area contributed by atoms with Crippen LogP contribution >= 0.6 is 0 Å². The smallest absolute Gasteiger partial charge is 0.317 e. The fourth-order valence-corrected chi connectivity index (χ4v) is 2.51. The van der Waals surface area contributed by atoms with Crippen molar-refractivity contribution < 1.29 is 23.5 Å². The minimum absolute atomic E-state index is 0.264. The fraction of sp³-hybridized carbons (Fsp3) is 0.467. The van der Waals surface area contributed by atoms with Crippen LogP contribution in [0.5, 0.6) is 0 Å². The van der Waals surface area contributed by atoms with Gasteiger partial charge in [0.25, 0.3) is 0 Å². The third-order valence-corrected chi connectivity index (χ3v) is 3.74. The van der Waals surface area contributed by atoms with Crippen molar-refractivity contribution in [1.82, 2.24) is 10.2 Å². The van der Waals surface area contributed by atoms with Gasteiger partial charge in [-0.15, -0.1) is 0 Å². The first-order chi connectivity index (χ1) is 10.5. The van der Waals surface area contributed by atoms with E-state index in [1.807, 2.05) is 0 Å². The second-order valence-corrected chi connectivity index (χ2v) is 5.36. The van der Waals surface area contributed by atoms with E-state index >= 15 is 0 Å². The lowest BCUT2D eigenvalue weighted by Crippen LogP contribution is -2.45. The Hall–Kier alpha value is -2.18. The molecule has 0 spiro atoms. The van der Waals surface area contributed by atoms with Gasteiger partial charge < -0.3 is 15.3 Å². The van der Waals surface area contributed by atoms with Crippen molar-refractivity contribution in [2.75, 3.05) is 19.6 Å². The van der Waals surface area contributed by atoms with E-state index < -0.39 is 17.6 Å². The van der Waals surface area contributed by atoms with Gasteiger partial charge in [0.1, 0.15) is 11.6 Å². The molecule has 1 heterocycles. The van der Waals surface area contributed by atoms with Crippen molar-refractivity contribution in [3.05, 3.63) is 35.4 Å². The number of carbonyl (C=O) groups excluding carboxylic acids is 1. The van der Waals surface area contributed by atoms with Crippen LogP contribution in [-0.2, 0) is 11.2 Å². The Kier molecular flexibility index (Phi) is 5.30. The van der Waals surface area contributed by atoms with Crippen LogP contribution in [0.2, 0.25) is 0 Å². The molecule has 7 heteroatoms. The quantitative estimate of drug-likeness (QED) is 0.893. The highest BCUT2D eigenvalue weighted by Crippen LogP contribution is 2.17. The monoisotopic (exact) mass is 312 g/mol. The lowest BCUT2D eigenvalue weighted by atomic mass is 9.97. The van der Waals surface area contributed by atoms with Gasteiger partial charge in [0, 0.05) is 25.7 Å². The van der Waals surface area contributed by atoms with Crippen molar-refractivity contribution in [2.24, 2.45) is 5.92 Å². The summed E-state index contributed by atoms with van der Waals surface area (Å²) in [4.78, 5) is 24.3. The molecule has 0 aromatic heterocycles. The molecule has 2 rings (SSSR count). The molecule has 0 bridgehead atoms. The predicted molar refractivity (Wildman–Crippen MR) is 75.4 cm³/mol. The number of carbonyl (C=O) groups is 2. The molecule has 2 N–H and O–H groups in total. The van der Waals surface area contributed by atoms with E-state index in [0.29, 0.717) is 37.9 Å². The maximum atomic E-state index is 13.0. The van der Waals surface area contributed by atoms with Gasteiger partial charge in [0.05, 0.1) is 5.92 Å². The summed E-state index contributed by atoms with van der Waals surface area (Å²) < 4.78 is 26.0. The number of urea groups is 1. The topological polar surface area (TPSA) is 69.6 Å². The Morgan fingerprint density at radius 2 is 1.77 bits per heavy atom. The number of nitrogens with zero attached hydrogens (tertiary/aromatic N) is 1. The highest BCUT2D eigenvalue weighted by Gasteiger charge is 2.26. The second kappa shape index (κ2) is 7.20. The molecule has 0 saturated carbocycles. The Morgan fingerprint density at radius 3 is 2.32 bits per heavy atom. The van der Waals surface area contributed by atoms with Gasteiger partial charge in [-0.1, -0.05) is 0 Å². The second-order valence-electron chi connectivity index (χ2n) is 5.36. The van der Waals surface area contributed by atoms with Crippen molar-refractivity contribution in [1.29, 1.82) is 0 Å². The average Bonchev–Trinajstić information content (AvgIpc) is 2.46. The lowest BCUT2D eigenvalue weighted by molar-refractivity contribution is -0.143. The molecule has 1 aliphatic heterocycles. The summed E-state index contributed by atoms with van der Waals surface area (Å²) in [6.07, 6.45) is 1.21. The minimum atomic E-state index is -0.826. The highest BCUT2D eigenvalue weighted by atomic mass is 19.1. The number of hydrogen-bond donors (Lipinski definition) is 2. The third kappa shape index (κ3) is 4.41. The van der Waals surface area contributed by atoms with Crippen molar-refractivity contribution in [3.63, 3.8) is 0 Å². The molecular weight excluding hydrogens is 294 g/mol. The molecule has 5 nitrogen and oxygen atoms in total. The summed E-state index contributed by atoms with van der Waals surface area (Å²) in [7, 11) is 0. The fourth-order valence-electron chi connectivity index (χ4n) is 2.51. The van der Waals surface area contributed by atoms with Crippen LogP contribution in [0.3, 0.4) is 0 Å². The highest BCUT2D eigenvalue weighted by molar-refractivity contribution is 5.75. The Morgan fingerprint density at radius 1 is 1.18 bits per heavy atom. The van der Waals surface area contributed by atoms with Gasteiger partial charge in [-0.2, -0.15) is 0 Å². The summed E-state index contributed by atoms with van der Waals surface area (Å²) in [5.41, 5.74) is 0.474. The maximum Gasteiger partial charge on any atom is 0.317 e. The molecular formula is C15H18F2N2O3. The van der Waals surface area contributed by atoms with Gasteiger partial charge in [0.2, 0.25) is 0 Å². The zero-order chi connectivity index (χ0) is 16.1. The number of piperidine rings is 1. The summed E-state index contributed by atoms with van der Waals surface area (Å²) in [5.74, 6) is -2.50. The van der Waals surface area contributed by atoms with Crippen LogP contribution in [0, 0.1) is 17.6 Å². The van der Waals surface area contributed by atoms with Gasteiger partial charge >= 0.3 is 12.0 Å². The van der Waals surface area contributed by atoms with E-state index in [1.165, 1.54) is 12.1 Å². The summed E-state index contributed by atoms with van der Waals surface area (Å²) in [6, 6.07) is 2.98. The number of nitrogens with one attached hydrogen (secondary N) is 1. The minimum Gasteiger partial charge on any atom is -0.481 e. The molecule has 1 aromatic rings.